The van der Waals surface area contributed by atoms with Crippen molar-refractivity contribution in [1.82, 2.24) is 14.7 Å². The van der Waals surface area contributed by atoms with E-state index in [2.05, 4.69) is 18.7 Å². The van der Waals surface area contributed by atoms with Crippen molar-refractivity contribution in [2.45, 2.75) is 77.7 Å². The summed E-state index contributed by atoms with van der Waals surface area (Å²) >= 11 is 0. The number of nitrogens with zero attached hydrogens (tertiary/aromatic N) is 3. The van der Waals surface area contributed by atoms with Gasteiger partial charge in [0.1, 0.15) is 11.6 Å². The fraction of sp³-hybridized carbons (Fsp3) is 0.483. The Labute approximate surface area is 213 Å². The molecular formula is C29H38FN3O3. The van der Waals surface area contributed by atoms with Gasteiger partial charge < -0.3 is 14.6 Å². The van der Waals surface area contributed by atoms with Gasteiger partial charge in [-0.15, -0.1) is 0 Å². The summed E-state index contributed by atoms with van der Waals surface area (Å²) in [5.41, 5.74) is 2.44. The molecule has 0 amide bonds. The third-order valence-corrected chi connectivity index (χ3v) is 6.10. The molecule has 1 N–H and O–H groups in total. The number of ether oxygens (including phenoxy) is 2. The molecule has 4 rings (SSSR count). The van der Waals surface area contributed by atoms with Crippen LogP contribution in [0.5, 0.6) is 11.6 Å². The summed E-state index contributed by atoms with van der Waals surface area (Å²) in [7, 11) is 0. The first-order valence-electron chi connectivity index (χ1n) is 12.8. The van der Waals surface area contributed by atoms with E-state index in [1.54, 1.807) is 16.8 Å². The summed E-state index contributed by atoms with van der Waals surface area (Å²) in [6, 6.07) is 16.4. The molecule has 1 heterocycles. The maximum atomic E-state index is 14.0. The van der Waals surface area contributed by atoms with E-state index in [0.717, 1.165) is 29.8 Å². The van der Waals surface area contributed by atoms with Crippen LogP contribution < -0.4 is 4.74 Å². The Morgan fingerprint density at radius 3 is 2.44 bits per heavy atom. The highest BCUT2D eigenvalue weighted by Crippen LogP contribution is 2.37. The molecule has 0 radical (unpaired) electrons. The summed E-state index contributed by atoms with van der Waals surface area (Å²) in [6.07, 6.45) is 1.58. The third-order valence-electron chi connectivity index (χ3n) is 6.10. The van der Waals surface area contributed by atoms with Crippen molar-refractivity contribution in [3.63, 3.8) is 0 Å². The molecule has 1 fully saturated rings. The molecule has 6 nitrogen and oxygen atoms in total. The third kappa shape index (κ3) is 6.93. The lowest BCUT2D eigenvalue weighted by Crippen LogP contribution is -2.38. The van der Waals surface area contributed by atoms with Crippen molar-refractivity contribution in [2.75, 3.05) is 13.2 Å². The largest absolute Gasteiger partial charge is 0.438 e. The highest BCUT2D eigenvalue weighted by Gasteiger charge is 2.34. The zero-order valence-electron chi connectivity index (χ0n) is 21.9. The summed E-state index contributed by atoms with van der Waals surface area (Å²) in [5, 5.41) is 15.7. The highest BCUT2D eigenvalue weighted by molar-refractivity contribution is 5.44. The van der Waals surface area contributed by atoms with Crippen LogP contribution in [0.15, 0.2) is 54.6 Å². The number of rotatable bonds is 11. The summed E-state index contributed by atoms with van der Waals surface area (Å²) in [5.74, 6) is 0.780. The molecule has 7 heteroatoms. The van der Waals surface area contributed by atoms with Crippen molar-refractivity contribution in [3.05, 3.63) is 71.7 Å². The van der Waals surface area contributed by atoms with Gasteiger partial charge in [-0.25, -0.2) is 9.07 Å². The Hall–Kier alpha value is -2.74. The normalized spacial score (nSPS) is 15.0. The monoisotopic (exact) mass is 495 g/mol. The van der Waals surface area contributed by atoms with Crippen LogP contribution in [0, 0.1) is 5.82 Å². The minimum Gasteiger partial charge on any atom is -0.438 e. The van der Waals surface area contributed by atoms with E-state index in [0.29, 0.717) is 30.8 Å². The first kappa shape index (κ1) is 26.3. The number of aromatic nitrogens is 2. The van der Waals surface area contributed by atoms with E-state index in [1.807, 2.05) is 51.1 Å². The quantitative estimate of drug-likeness (QED) is 0.350. The smallest absolute Gasteiger partial charge is 0.227 e. The molecule has 194 valence electrons. The van der Waals surface area contributed by atoms with Crippen LogP contribution in [0.4, 0.5) is 4.39 Å². The number of para-hydroxylation sites is 1. The van der Waals surface area contributed by atoms with Gasteiger partial charge in [-0.05, 0) is 63.8 Å². The van der Waals surface area contributed by atoms with Gasteiger partial charge in [-0.2, -0.15) is 5.10 Å². The maximum Gasteiger partial charge on any atom is 0.227 e. The van der Waals surface area contributed by atoms with E-state index >= 15 is 0 Å². The van der Waals surface area contributed by atoms with Crippen molar-refractivity contribution in [2.24, 2.45) is 0 Å². The molecule has 1 aliphatic rings. The molecule has 2 aromatic carbocycles. The van der Waals surface area contributed by atoms with Crippen LogP contribution in [0.1, 0.15) is 64.6 Å². The average molecular weight is 496 g/mol. The number of aliphatic hydroxyl groups is 1. The van der Waals surface area contributed by atoms with Crippen molar-refractivity contribution in [1.29, 1.82) is 0 Å². The first-order valence-corrected chi connectivity index (χ1v) is 12.8. The van der Waals surface area contributed by atoms with Crippen molar-refractivity contribution in [3.8, 4) is 17.3 Å². The number of benzene rings is 2. The molecule has 0 saturated heterocycles. The van der Waals surface area contributed by atoms with Gasteiger partial charge in [0, 0.05) is 25.2 Å². The fourth-order valence-electron chi connectivity index (χ4n) is 4.21. The molecule has 1 unspecified atom stereocenters. The van der Waals surface area contributed by atoms with Gasteiger partial charge in [0.15, 0.2) is 0 Å². The molecule has 3 aromatic rings. The Morgan fingerprint density at radius 1 is 1.11 bits per heavy atom. The minimum atomic E-state index is -0.607. The SMILES string of the molecule is CC(C)c1nn(-c2ccccc2)c(Oc2cccc(F)c2)c1CN(CC(O)COC(C)(C)C)C1CC1. The van der Waals surface area contributed by atoms with Crippen LogP contribution in [0.2, 0.25) is 0 Å². The summed E-state index contributed by atoms with van der Waals surface area (Å²) in [4.78, 5) is 2.30. The van der Waals surface area contributed by atoms with Crippen molar-refractivity contribution >= 4 is 0 Å². The van der Waals surface area contributed by atoms with Gasteiger partial charge in [-0.1, -0.05) is 38.1 Å². The van der Waals surface area contributed by atoms with Crippen LogP contribution in [0.3, 0.4) is 0 Å². The van der Waals surface area contributed by atoms with Crippen LogP contribution in [-0.4, -0.2) is 50.7 Å². The second-order valence-electron chi connectivity index (χ2n) is 10.9. The molecule has 0 aliphatic heterocycles. The average Bonchev–Trinajstić information content (AvgIpc) is 3.61. The van der Waals surface area contributed by atoms with E-state index in [4.69, 9.17) is 14.6 Å². The van der Waals surface area contributed by atoms with Crippen LogP contribution in [-0.2, 0) is 11.3 Å². The van der Waals surface area contributed by atoms with Crippen LogP contribution >= 0.6 is 0 Å². The molecule has 1 atom stereocenters. The highest BCUT2D eigenvalue weighted by atomic mass is 19.1. The number of hydrogen-bond acceptors (Lipinski definition) is 5. The van der Waals surface area contributed by atoms with Gasteiger partial charge in [0.05, 0.1) is 35.3 Å². The number of halogens is 1. The van der Waals surface area contributed by atoms with E-state index in [1.165, 1.54) is 12.1 Å². The maximum absolute atomic E-state index is 14.0. The second-order valence-corrected chi connectivity index (χ2v) is 10.9. The zero-order chi connectivity index (χ0) is 25.9. The van der Waals surface area contributed by atoms with Gasteiger partial charge in [0.25, 0.3) is 0 Å². The number of aliphatic hydroxyl groups excluding tert-OH is 1. The summed E-state index contributed by atoms with van der Waals surface area (Å²) in [6.45, 7) is 11.5. The predicted octanol–water partition coefficient (Wildman–Crippen LogP) is 6.07. The molecule has 1 aromatic heterocycles. The molecule has 1 aliphatic carbocycles. The summed E-state index contributed by atoms with van der Waals surface area (Å²) < 4.78 is 28.0. The van der Waals surface area contributed by atoms with E-state index < -0.39 is 6.10 Å². The minimum absolute atomic E-state index is 0.148. The topological polar surface area (TPSA) is 59.8 Å². The number of hydrogen-bond donors (Lipinski definition) is 1. The standard InChI is InChI=1S/C29H38FN3O3/c1-20(2)27-26(18-32(22-14-15-22)17-24(34)19-35-29(3,4)5)28(36-25-13-9-10-21(30)16-25)33(31-27)23-11-7-6-8-12-23/h6-13,16,20,22,24,34H,14-15,17-19H2,1-5H3. The molecule has 0 spiro atoms. The van der Waals surface area contributed by atoms with Gasteiger partial charge in [-0.3, -0.25) is 4.90 Å². The zero-order valence-corrected chi connectivity index (χ0v) is 21.9. The molecule has 0 bridgehead atoms. The molecule has 36 heavy (non-hydrogen) atoms. The predicted molar refractivity (Wildman–Crippen MR) is 139 cm³/mol. The Balaban J connectivity index is 1.70. The Kier molecular flexibility index (Phi) is 8.13. The lowest BCUT2D eigenvalue weighted by molar-refractivity contribution is -0.0573. The first-order chi connectivity index (χ1) is 17.1. The second kappa shape index (κ2) is 11.1. The van der Waals surface area contributed by atoms with Crippen molar-refractivity contribution < 1.29 is 19.0 Å². The molecule has 1 saturated carbocycles. The van der Waals surface area contributed by atoms with Gasteiger partial charge in [0.2, 0.25) is 5.88 Å². The Bertz CT molecular complexity index is 1140. The van der Waals surface area contributed by atoms with E-state index in [-0.39, 0.29) is 23.9 Å². The lowest BCUT2D eigenvalue weighted by Gasteiger charge is -2.28. The lowest BCUT2D eigenvalue weighted by atomic mass is 10.1. The van der Waals surface area contributed by atoms with Gasteiger partial charge >= 0.3 is 0 Å². The fourth-order valence-corrected chi connectivity index (χ4v) is 4.21. The molecular weight excluding hydrogens is 457 g/mol. The Morgan fingerprint density at radius 2 is 1.83 bits per heavy atom. The van der Waals surface area contributed by atoms with E-state index in [9.17, 15) is 9.50 Å². The van der Waals surface area contributed by atoms with Crippen LogP contribution in [0.25, 0.3) is 5.69 Å².